The lowest BCUT2D eigenvalue weighted by Crippen LogP contribution is -2.29. The molecule has 2 aromatic heterocycles. The van der Waals surface area contributed by atoms with Crippen LogP contribution in [-0.4, -0.2) is 47.9 Å². The van der Waals surface area contributed by atoms with E-state index in [9.17, 15) is 14.4 Å². The summed E-state index contributed by atoms with van der Waals surface area (Å²) in [4.78, 5) is 42.8. The Morgan fingerprint density at radius 2 is 1.82 bits per heavy atom. The molecule has 2 amide bonds. The Bertz CT molecular complexity index is 1500. The van der Waals surface area contributed by atoms with Crippen LogP contribution in [0, 0.1) is 0 Å². The van der Waals surface area contributed by atoms with E-state index in [2.05, 4.69) is 15.6 Å². The molecule has 0 aliphatic rings. The van der Waals surface area contributed by atoms with Crippen molar-refractivity contribution in [3.8, 4) is 11.5 Å². The molecule has 0 saturated heterocycles. The molecule has 0 spiro atoms. The minimum Gasteiger partial charge on any atom is -0.493 e. The third kappa shape index (κ3) is 7.66. The molecule has 0 aliphatic carbocycles. The number of carbonyl (C=O) groups excluding carboxylic acids is 2. The van der Waals surface area contributed by atoms with Crippen LogP contribution in [0.25, 0.3) is 10.9 Å². The van der Waals surface area contributed by atoms with Gasteiger partial charge in [0.25, 0.3) is 5.56 Å². The summed E-state index contributed by atoms with van der Waals surface area (Å²) in [5.41, 5.74) is 1.37. The molecule has 0 radical (unpaired) electrons. The van der Waals surface area contributed by atoms with E-state index in [0.717, 1.165) is 5.56 Å². The summed E-state index contributed by atoms with van der Waals surface area (Å²) in [6, 6.07) is 16.3. The molecule has 4 aromatic rings. The number of carbonyl (C=O) groups is 2. The van der Waals surface area contributed by atoms with Gasteiger partial charge in [0, 0.05) is 19.5 Å². The summed E-state index contributed by atoms with van der Waals surface area (Å²) in [6.45, 7) is 1.06. The molecule has 2 heterocycles. The summed E-state index contributed by atoms with van der Waals surface area (Å²) in [5, 5.41) is 6.65. The first-order valence-corrected chi connectivity index (χ1v) is 13.9. The molecule has 40 heavy (non-hydrogen) atoms. The first-order chi connectivity index (χ1) is 19.5. The number of para-hydroxylation sites is 1. The average Bonchev–Trinajstić information content (AvgIpc) is 3.50. The lowest BCUT2D eigenvalue weighted by molar-refractivity contribution is -0.121. The van der Waals surface area contributed by atoms with Gasteiger partial charge >= 0.3 is 0 Å². The van der Waals surface area contributed by atoms with Gasteiger partial charge < -0.3 is 24.5 Å². The predicted octanol–water partition coefficient (Wildman–Crippen LogP) is 3.55. The van der Waals surface area contributed by atoms with Crippen molar-refractivity contribution in [1.29, 1.82) is 0 Å². The number of hydrogen-bond acceptors (Lipinski definition) is 8. The van der Waals surface area contributed by atoms with Crippen LogP contribution in [0.3, 0.4) is 0 Å². The van der Waals surface area contributed by atoms with Crippen LogP contribution in [0.5, 0.6) is 11.5 Å². The molecule has 11 heteroatoms. The van der Waals surface area contributed by atoms with Gasteiger partial charge in [0.15, 0.2) is 16.7 Å². The quantitative estimate of drug-likeness (QED) is 0.176. The second-order valence-electron chi connectivity index (χ2n) is 8.91. The minimum absolute atomic E-state index is 0.0976. The number of benzene rings is 2. The average molecular weight is 565 g/mol. The second kappa shape index (κ2) is 14.2. The number of nitrogens with zero attached hydrogens (tertiary/aromatic N) is 2. The van der Waals surface area contributed by atoms with E-state index in [0.29, 0.717) is 65.8 Å². The van der Waals surface area contributed by atoms with E-state index in [1.165, 1.54) is 11.8 Å². The van der Waals surface area contributed by atoms with Gasteiger partial charge in [0.1, 0.15) is 5.76 Å². The molecule has 0 bridgehead atoms. The van der Waals surface area contributed by atoms with Gasteiger partial charge in [-0.05, 0) is 54.8 Å². The van der Waals surface area contributed by atoms with Crippen LogP contribution >= 0.6 is 11.8 Å². The Balaban J connectivity index is 1.34. The number of ether oxygens (including phenoxy) is 2. The van der Waals surface area contributed by atoms with Crippen molar-refractivity contribution < 1.29 is 23.5 Å². The minimum atomic E-state index is -0.196. The van der Waals surface area contributed by atoms with Crippen LogP contribution in [0.2, 0.25) is 0 Å². The summed E-state index contributed by atoms with van der Waals surface area (Å²) < 4.78 is 17.4. The van der Waals surface area contributed by atoms with E-state index in [-0.39, 0.29) is 29.5 Å². The van der Waals surface area contributed by atoms with Crippen molar-refractivity contribution in [3.63, 3.8) is 0 Å². The number of thioether (sulfide) groups is 1. The number of amides is 2. The standard InChI is InChI=1S/C29H32N4O6S/c1-37-24-12-11-20(17-25(24)38-2)13-14-30-27(35)19-40-29-32-23-9-4-3-8-22(23)28(36)33(29)15-5-10-26(34)31-18-21-7-6-16-39-21/h3-4,6-9,11-12,16-17H,5,10,13-15,18-19H2,1-2H3,(H,30,35)(H,31,34). The molecule has 0 atom stereocenters. The van der Waals surface area contributed by atoms with Gasteiger partial charge in [0.2, 0.25) is 11.8 Å². The van der Waals surface area contributed by atoms with Crippen molar-refractivity contribution in [3.05, 3.63) is 82.5 Å². The van der Waals surface area contributed by atoms with Crippen LogP contribution in [0.15, 0.2) is 75.2 Å². The van der Waals surface area contributed by atoms with Crippen molar-refractivity contribution in [2.45, 2.75) is 37.5 Å². The second-order valence-corrected chi connectivity index (χ2v) is 9.85. The first kappa shape index (κ1) is 28.8. The maximum atomic E-state index is 13.3. The van der Waals surface area contributed by atoms with Crippen molar-refractivity contribution in [2.75, 3.05) is 26.5 Å². The molecule has 0 aliphatic heterocycles. The highest BCUT2D eigenvalue weighted by atomic mass is 32.2. The monoisotopic (exact) mass is 564 g/mol. The maximum Gasteiger partial charge on any atom is 0.262 e. The van der Waals surface area contributed by atoms with Crippen LogP contribution in [-0.2, 0) is 29.1 Å². The zero-order chi connectivity index (χ0) is 28.3. The predicted molar refractivity (Wildman–Crippen MR) is 153 cm³/mol. The molecule has 0 saturated carbocycles. The Kier molecular flexibility index (Phi) is 10.2. The molecule has 4 rings (SSSR count). The molecular weight excluding hydrogens is 532 g/mol. The molecule has 2 aromatic carbocycles. The largest absolute Gasteiger partial charge is 0.493 e. The van der Waals surface area contributed by atoms with E-state index in [1.54, 1.807) is 55.4 Å². The van der Waals surface area contributed by atoms with Crippen LogP contribution in [0.1, 0.15) is 24.2 Å². The van der Waals surface area contributed by atoms with Crippen LogP contribution < -0.4 is 25.7 Å². The normalized spacial score (nSPS) is 10.8. The Hall–Kier alpha value is -4.25. The fraction of sp³-hybridized carbons (Fsp3) is 0.310. The Morgan fingerprint density at radius 1 is 1.00 bits per heavy atom. The Morgan fingerprint density at radius 3 is 2.60 bits per heavy atom. The van der Waals surface area contributed by atoms with Gasteiger partial charge in [-0.1, -0.05) is 30.0 Å². The third-order valence-corrected chi connectivity index (χ3v) is 7.14. The number of methoxy groups -OCH3 is 2. The number of rotatable bonds is 14. The summed E-state index contributed by atoms with van der Waals surface area (Å²) in [7, 11) is 3.17. The molecular formula is C29H32N4O6S. The zero-order valence-electron chi connectivity index (χ0n) is 22.5. The number of fused-ring (bicyclic) bond motifs is 1. The van der Waals surface area contributed by atoms with Gasteiger partial charge in [-0.3, -0.25) is 19.0 Å². The number of aromatic nitrogens is 2. The van der Waals surface area contributed by atoms with Crippen molar-refractivity contribution in [2.24, 2.45) is 0 Å². The molecule has 210 valence electrons. The highest BCUT2D eigenvalue weighted by Crippen LogP contribution is 2.27. The fourth-order valence-electron chi connectivity index (χ4n) is 4.10. The molecule has 0 fully saturated rings. The van der Waals surface area contributed by atoms with Gasteiger partial charge in [-0.25, -0.2) is 4.98 Å². The van der Waals surface area contributed by atoms with E-state index in [1.807, 2.05) is 24.3 Å². The topological polar surface area (TPSA) is 125 Å². The number of furan rings is 1. The zero-order valence-corrected chi connectivity index (χ0v) is 23.3. The van der Waals surface area contributed by atoms with Gasteiger partial charge in [0.05, 0.1) is 43.7 Å². The van der Waals surface area contributed by atoms with E-state index < -0.39 is 0 Å². The fourth-order valence-corrected chi connectivity index (χ4v) is 4.96. The summed E-state index contributed by atoms with van der Waals surface area (Å²) in [6.07, 6.45) is 2.85. The lowest BCUT2D eigenvalue weighted by Gasteiger charge is -2.13. The highest BCUT2D eigenvalue weighted by molar-refractivity contribution is 7.99. The van der Waals surface area contributed by atoms with Crippen molar-refractivity contribution in [1.82, 2.24) is 20.2 Å². The third-order valence-electron chi connectivity index (χ3n) is 6.17. The van der Waals surface area contributed by atoms with Gasteiger partial charge in [-0.2, -0.15) is 0 Å². The van der Waals surface area contributed by atoms with E-state index in [4.69, 9.17) is 13.9 Å². The van der Waals surface area contributed by atoms with E-state index >= 15 is 0 Å². The smallest absolute Gasteiger partial charge is 0.262 e. The van der Waals surface area contributed by atoms with Crippen molar-refractivity contribution >= 4 is 34.5 Å². The molecule has 0 unspecified atom stereocenters. The highest BCUT2D eigenvalue weighted by Gasteiger charge is 2.14. The SMILES string of the molecule is COc1ccc(CCNC(=O)CSc2nc3ccccc3c(=O)n2CCCC(=O)NCc2ccco2)cc1OC. The molecule has 10 nitrogen and oxygen atoms in total. The molecule has 2 N–H and O–H groups in total. The summed E-state index contributed by atoms with van der Waals surface area (Å²) in [5.74, 6) is 1.75. The number of nitrogens with one attached hydrogen (secondary N) is 2. The number of hydrogen-bond donors (Lipinski definition) is 2. The maximum absolute atomic E-state index is 13.3. The first-order valence-electron chi connectivity index (χ1n) is 12.9. The lowest BCUT2D eigenvalue weighted by atomic mass is 10.1. The Labute approximate surface area is 236 Å². The van der Waals surface area contributed by atoms with Gasteiger partial charge in [-0.15, -0.1) is 0 Å². The van der Waals surface area contributed by atoms with Crippen LogP contribution in [0.4, 0.5) is 0 Å². The summed E-state index contributed by atoms with van der Waals surface area (Å²) >= 11 is 1.20.